The summed E-state index contributed by atoms with van der Waals surface area (Å²) in [5.74, 6) is -0.527. The van der Waals surface area contributed by atoms with Crippen LogP contribution >= 0.6 is 0 Å². The maximum absolute atomic E-state index is 13.2. The maximum Gasteiger partial charge on any atom is 0.338 e. The summed E-state index contributed by atoms with van der Waals surface area (Å²) in [5, 5.41) is 0. The fourth-order valence-electron chi connectivity index (χ4n) is 3.50. The molecule has 1 fully saturated rings. The molecule has 11 heteroatoms. The topological polar surface area (TPSA) is 119 Å². The smallest absolute Gasteiger partial charge is 0.338 e. The van der Waals surface area contributed by atoms with Gasteiger partial charge in [0.25, 0.3) is 10.0 Å². The van der Waals surface area contributed by atoms with Gasteiger partial charge in [0.1, 0.15) is 10.6 Å². The lowest BCUT2D eigenvalue weighted by Crippen LogP contribution is -2.35. The largest absolute Gasteiger partial charge is 0.495 e. The van der Waals surface area contributed by atoms with Crippen LogP contribution < -0.4 is 9.46 Å². The standard InChI is InChI=1S/C21H26N2O7S2/c1-15-7-9-17(14-18(15)21(24)30-3)31(25,26)22-16-8-10-19(29-2)20(13-16)32(27,28)23-11-5-4-6-12-23/h7-10,13-14,22H,4-6,11-12H2,1-3H3. The van der Waals surface area contributed by atoms with Gasteiger partial charge in [-0.1, -0.05) is 12.5 Å². The first kappa shape index (κ1) is 24.0. The van der Waals surface area contributed by atoms with Crippen LogP contribution in [-0.2, 0) is 24.8 Å². The van der Waals surface area contributed by atoms with E-state index in [0.717, 1.165) is 19.3 Å². The first-order valence-corrected chi connectivity index (χ1v) is 12.9. The molecule has 0 spiro atoms. The number of rotatable bonds is 7. The van der Waals surface area contributed by atoms with E-state index in [1.54, 1.807) is 6.92 Å². The van der Waals surface area contributed by atoms with Gasteiger partial charge < -0.3 is 9.47 Å². The number of aryl methyl sites for hydroxylation is 1. The van der Waals surface area contributed by atoms with Crippen LogP contribution in [0.25, 0.3) is 0 Å². The molecule has 2 aromatic carbocycles. The van der Waals surface area contributed by atoms with Gasteiger partial charge >= 0.3 is 5.97 Å². The Morgan fingerprint density at radius 3 is 2.28 bits per heavy atom. The lowest BCUT2D eigenvalue weighted by molar-refractivity contribution is 0.0599. The summed E-state index contributed by atoms with van der Waals surface area (Å²) >= 11 is 0. The number of piperidine rings is 1. The number of nitrogens with zero attached hydrogens (tertiary/aromatic N) is 1. The number of anilines is 1. The Morgan fingerprint density at radius 2 is 1.66 bits per heavy atom. The number of ether oxygens (including phenoxy) is 2. The van der Waals surface area contributed by atoms with E-state index in [9.17, 15) is 21.6 Å². The van der Waals surface area contributed by atoms with Crippen LogP contribution in [0.15, 0.2) is 46.2 Å². The SMILES string of the molecule is COC(=O)c1cc(S(=O)(=O)Nc2ccc(OC)c(S(=O)(=O)N3CCCCC3)c2)ccc1C. The van der Waals surface area contributed by atoms with E-state index < -0.39 is 26.0 Å². The minimum absolute atomic E-state index is 0.0570. The zero-order chi connectivity index (χ0) is 23.5. The average molecular weight is 483 g/mol. The highest BCUT2D eigenvalue weighted by atomic mass is 32.2. The highest BCUT2D eigenvalue weighted by Crippen LogP contribution is 2.32. The second-order valence-corrected chi connectivity index (χ2v) is 11.0. The molecule has 2 aromatic rings. The number of carbonyl (C=O) groups excluding carboxylic acids is 1. The average Bonchev–Trinajstić information content (AvgIpc) is 2.79. The third-order valence-electron chi connectivity index (χ3n) is 5.27. The molecule has 0 aromatic heterocycles. The number of nitrogens with one attached hydrogen (secondary N) is 1. The molecule has 174 valence electrons. The van der Waals surface area contributed by atoms with Crippen LogP contribution in [0, 0.1) is 6.92 Å². The molecule has 0 unspecified atom stereocenters. The van der Waals surface area contributed by atoms with Gasteiger partial charge in [0.2, 0.25) is 10.0 Å². The zero-order valence-corrected chi connectivity index (χ0v) is 19.8. The third-order valence-corrected chi connectivity index (χ3v) is 8.57. The first-order valence-electron chi connectivity index (χ1n) is 10.00. The third kappa shape index (κ3) is 4.89. The summed E-state index contributed by atoms with van der Waals surface area (Å²) in [6.45, 7) is 2.47. The molecule has 0 amide bonds. The van der Waals surface area contributed by atoms with E-state index in [-0.39, 0.29) is 26.8 Å². The van der Waals surface area contributed by atoms with Crippen LogP contribution in [0.5, 0.6) is 5.75 Å². The van der Waals surface area contributed by atoms with E-state index in [2.05, 4.69) is 4.72 Å². The second kappa shape index (κ2) is 9.47. The van der Waals surface area contributed by atoms with Crippen molar-refractivity contribution in [3.63, 3.8) is 0 Å². The Labute approximate surface area is 188 Å². The summed E-state index contributed by atoms with van der Waals surface area (Å²) in [5.41, 5.74) is 0.746. The number of hydrogen-bond acceptors (Lipinski definition) is 7. The van der Waals surface area contributed by atoms with E-state index in [1.807, 2.05) is 0 Å². The second-order valence-electron chi connectivity index (χ2n) is 7.40. The van der Waals surface area contributed by atoms with Crippen molar-refractivity contribution < 1.29 is 31.1 Å². The summed E-state index contributed by atoms with van der Waals surface area (Å²) in [6.07, 6.45) is 2.50. The fourth-order valence-corrected chi connectivity index (χ4v) is 6.27. The molecule has 1 heterocycles. The first-order chi connectivity index (χ1) is 15.1. The maximum atomic E-state index is 13.2. The van der Waals surface area contributed by atoms with Crippen LogP contribution in [0.1, 0.15) is 35.2 Å². The number of hydrogen-bond donors (Lipinski definition) is 1. The van der Waals surface area contributed by atoms with Crippen LogP contribution in [-0.4, -0.2) is 54.4 Å². The molecule has 9 nitrogen and oxygen atoms in total. The van der Waals surface area contributed by atoms with Crippen molar-refractivity contribution in [1.29, 1.82) is 0 Å². The monoisotopic (exact) mass is 482 g/mol. The lowest BCUT2D eigenvalue weighted by Gasteiger charge is -2.26. The normalized spacial score (nSPS) is 15.2. The number of sulfonamides is 2. The van der Waals surface area contributed by atoms with E-state index in [1.165, 1.54) is 54.9 Å². The molecular weight excluding hydrogens is 456 g/mol. The number of methoxy groups -OCH3 is 2. The quantitative estimate of drug-likeness (QED) is 0.603. The van der Waals surface area contributed by atoms with Crippen molar-refractivity contribution in [3.8, 4) is 5.75 Å². The number of esters is 1. The van der Waals surface area contributed by atoms with Crippen molar-refractivity contribution >= 4 is 31.7 Å². The molecule has 3 rings (SSSR count). The number of carbonyl (C=O) groups is 1. The van der Waals surface area contributed by atoms with Gasteiger partial charge in [0.05, 0.1) is 30.4 Å². The Balaban J connectivity index is 1.97. The van der Waals surface area contributed by atoms with Crippen molar-refractivity contribution in [2.24, 2.45) is 0 Å². The van der Waals surface area contributed by atoms with Gasteiger partial charge in [0, 0.05) is 13.1 Å². The van der Waals surface area contributed by atoms with Gasteiger partial charge in [-0.05, 0) is 55.7 Å². The highest BCUT2D eigenvalue weighted by Gasteiger charge is 2.30. The minimum atomic E-state index is -4.11. The molecule has 1 saturated heterocycles. The van der Waals surface area contributed by atoms with Gasteiger partial charge in [-0.3, -0.25) is 4.72 Å². The minimum Gasteiger partial charge on any atom is -0.495 e. The summed E-state index contributed by atoms with van der Waals surface area (Å²) in [7, 11) is -5.40. The predicted molar refractivity (Wildman–Crippen MR) is 119 cm³/mol. The zero-order valence-electron chi connectivity index (χ0n) is 18.1. The van der Waals surface area contributed by atoms with E-state index in [0.29, 0.717) is 18.7 Å². The molecule has 0 atom stereocenters. The van der Waals surface area contributed by atoms with Gasteiger partial charge in [-0.25, -0.2) is 21.6 Å². The van der Waals surface area contributed by atoms with Crippen molar-refractivity contribution in [2.75, 3.05) is 32.0 Å². The van der Waals surface area contributed by atoms with Gasteiger partial charge in [-0.2, -0.15) is 4.31 Å². The van der Waals surface area contributed by atoms with Crippen LogP contribution in [0.4, 0.5) is 5.69 Å². The molecule has 0 aliphatic carbocycles. The van der Waals surface area contributed by atoms with Crippen LogP contribution in [0.3, 0.4) is 0 Å². The summed E-state index contributed by atoms with van der Waals surface area (Å²) in [6, 6.07) is 8.15. The molecule has 0 saturated carbocycles. The van der Waals surface area contributed by atoms with E-state index in [4.69, 9.17) is 9.47 Å². The number of benzene rings is 2. The fraction of sp³-hybridized carbons (Fsp3) is 0.381. The molecule has 1 aliphatic heterocycles. The van der Waals surface area contributed by atoms with Crippen molar-refractivity contribution in [2.45, 2.75) is 36.0 Å². The molecule has 1 N–H and O–H groups in total. The Morgan fingerprint density at radius 1 is 0.969 bits per heavy atom. The molecular formula is C21H26N2O7S2. The van der Waals surface area contributed by atoms with Crippen LogP contribution in [0.2, 0.25) is 0 Å². The highest BCUT2D eigenvalue weighted by molar-refractivity contribution is 7.92. The molecule has 1 aliphatic rings. The lowest BCUT2D eigenvalue weighted by atomic mass is 10.1. The molecule has 0 bridgehead atoms. The van der Waals surface area contributed by atoms with E-state index >= 15 is 0 Å². The Kier molecular flexibility index (Phi) is 7.11. The van der Waals surface area contributed by atoms with Gasteiger partial charge in [-0.15, -0.1) is 0 Å². The Hall–Kier alpha value is -2.63. The molecule has 32 heavy (non-hydrogen) atoms. The van der Waals surface area contributed by atoms with Crippen molar-refractivity contribution in [1.82, 2.24) is 4.31 Å². The molecule has 0 radical (unpaired) electrons. The summed E-state index contributed by atoms with van der Waals surface area (Å²) in [4.78, 5) is 11.7. The Bertz CT molecular complexity index is 1220. The predicted octanol–water partition coefficient (Wildman–Crippen LogP) is 2.77. The summed E-state index contributed by atoms with van der Waals surface area (Å²) < 4.78 is 65.9. The van der Waals surface area contributed by atoms with Gasteiger partial charge in [0.15, 0.2) is 0 Å². The van der Waals surface area contributed by atoms with Crippen molar-refractivity contribution in [3.05, 3.63) is 47.5 Å².